The van der Waals surface area contributed by atoms with Crippen LogP contribution in [0.2, 0.25) is 5.02 Å². The Bertz CT molecular complexity index is 1250. The molecule has 0 amide bonds. The zero-order valence-corrected chi connectivity index (χ0v) is 18.0. The molecule has 5 rings (SSSR count). The highest BCUT2D eigenvalue weighted by molar-refractivity contribution is 6.35. The van der Waals surface area contributed by atoms with Crippen LogP contribution in [0.1, 0.15) is 32.1 Å². The van der Waals surface area contributed by atoms with Crippen LogP contribution in [0.4, 0.5) is 5.82 Å². The molecule has 1 aliphatic rings. The normalized spacial score (nSPS) is 14.8. The van der Waals surface area contributed by atoms with Gasteiger partial charge in [-0.1, -0.05) is 24.1 Å². The number of fused-ring (bicyclic) bond motifs is 1. The van der Waals surface area contributed by atoms with Crippen LogP contribution in [0, 0.1) is 0 Å². The van der Waals surface area contributed by atoms with E-state index >= 15 is 0 Å². The molecule has 3 aromatic heterocycles. The summed E-state index contributed by atoms with van der Waals surface area (Å²) in [6.07, 6.45) is 9.27. The summed E-state index contributed by atoms with van der Waals surface area (Å²) in [4.78, 5) is 13.9. The molecule has 0 aliphatic heterocycles. The van der Waals surface area contributed by atoms with Crippen molar-refractivity contribution >= 4 is 28.3 Å². The predicted molar refractivity (Wildman–Crippen MR) is 122 cm³/mol. The van der Waals surface area contributed by atoms with E-state index in [1.165, 1.54) is 6.42 Å². The van der Waals surface area contributed by atoms with Crippen LogP contribution in [0.5, 0.6) is 5.88 Å². The van der Waals surface area contributed by atoms with Gasteiger partial charge in [0.2, 0.25) is 0 Å². The predicted octanol–water partition coefficient (Wildman–Crippen LogP) is 5.04. The molecule has 4 aromatic rings. The summed E-state index contributed by atoms with van der Waals surface area (Å²) < 4.78 is 7.92. The third kappa shape index (κ3) is 3.93. The van der Waals surface area contributed by atoms with Gasteiger partial charge >= 0.3 is 0 Å². The van der Waals surface area contributed by atoms with Gasteiger partial charge in [-0.05, 0) is 49.9 Å². The maximum absolute atomic E-state index is 6.55. The van der Waals surface area contributed by atoms with Gasteiger partial charge in [-0.3, -0.25) is 9.67 Å². The maximum Gasteiger partial charge on any atom is 0.258 e. The highest BCUT2D eigenvalue weighted by Gasteiger charge is 2.22. The lowest BCUT2D eigenvalue weighted by atomic mass is 9.98. The lowest BCUT2D eigenvalue weighted by Gasteiger charge is -2.23. The van der Waals surface area contributed by atoms with Crippen molar-refractivity contribution in [2.75, 3.05) is 5.73 Å². The third-order valence-electron chi connectivity index (χ3n) is 5.61. The number of pyridine rings is 1. The number of halogens is 1. The average Bonchev–Trinajstić information content (AvgIpc) is 3.22. The minimum Gasteiger partial charge on any atom is -0.472 e. The summed E-state index contributed by atoms with van der Waals surface area (Å²) in [5.41, 5.74) is 9.74. The number of hydrogen-bond donors (Lipinski definition) is 1. The highest BCUT2D eigenvalue weighted by Crippen LogP contribution is 2.36. The first-order valence-corrected chi connectivity index (χ1v) is 10.8. The Balaban J connectivity index is 1.66. The molecule has 0 radical (unpaired) electrons. The molecule has 31 heavy (non-hydrogen) atoms. The number of rotatable bonds is 4. The molecule has 0 spiro atoms. The summed E-state index contributed by atoms with van der Waals surface area (Å²) in [5, 5.41) is 5.98. The Kier molecular flexibility index (Phi) is 5.19. The number of nitrogen functional groups attached to an aromatic ring is 1. The Labute approximate surface area is 185 Å². The number of aryl methyl sites for hydroxylation is 1. The zero-order valence-electron chi connectivity index (χ0n) is 17.3. The first-order chi connectivity index (χ1) is 15.1. The van der Waals surface area contributed by atoms with Gasteiger partial charge in [0.25, 0.3) is 5.88 Å². The van der Waals surface area contributed by atoms with Gasteiger partial charge in [0, 0.05) is 30.4 Å². The lowest BCUT2D eigenvalue weighted by molar-refractivity contribution is 0.149. The van der Waals surface area contributed by atoms with Crippen LogP contribution >= 0.6 is 11.6 Å². The van der Waals surface area contributed by atoms with E-state index in [-0.39, 0.29) is 11.9 Å². The molecular weight excluding hydrogens is 412 g/mol. The van der Waals surface area contributed by atoms with Crippen molar-refractivity contribution in [3.05, 3.63) is 47.7 Å². The van der Waals surface area contributed by atoms with E-state index in [1.807, 2.05) is 43.6 Å². The standard InChI is InChI=1S/C23H23ClN6O/c1-30-11-9-18(29-30)21-20(15-12-14-6-5-10-26-19(14)17(24)13-15)28-23(22(25)27-21)31-16-7-3-2-4-8-16/h5-6,9-13,16H,2-4,7-8H2,1H3,(H2,25,27). The first kappa shape index (κ1) is 19.8. The van der Waals surface area contributed by atoms with Gasteiger partial charge in [0.05, 0.1) is 10.5 Å². The van der Waals surface area contributed by atoms with E-state index < -0.39 is 0 Å². The van der Waals surface area contributed by atoms with Gasteiger partial charge in [0.15, 0.2) is 5.82 Å². The van der Waals surface area contributed by atoms with Crippen molar-refractivity contribution in [3.8, 4) is 28.5 Å². The van der Waals surface area contributed by atoms with Crippen LogP contribution in [-0.2, 0) is 7.05 Å². The van der Waals surface area contributed by atoms with E-state index in [9.17, 15) is 0 Å². The zero-order chi connectivity index (χ0) is 21.4. The Morgan fingerprint density at radius 3 is 2.71 bits per heavy atom. The molecule has 158 valence electrons. The van der Waals surface area contributed by atoms with Gasteiger partial charge in [-0.25, -0.2) is 9.97 Å². The molecule has 0 unspecified atom stereocenters. The Hall–Kier alpha value is -3.19. The van der Waals surface area contributed by atoms with Crippen molar-refractivity contribution in [1.82, 2.24) is 24.7 Å². The van der Waals surface area contributed by atoms with E-state index in [2.05, 4.69) is 15.1 Å². The quantitative estimate of drug-likeness (QED) is 0.483. The monoisotopic (exact) mass is 434 g/mol. The molecule has 7 nitrogen and oxygen atoms in total. The van der Waals surface area contributed by atoms with Crippen molar-refractivity contribution in [2.45, 2.75) is 38.2 Å². The van der Waals surface area contributed by atoms with E-state index in [0.717, 1.165) is 42.1 Å². The van der Waals surface area contributed by atoms with Crippen molar-refractivity contribution < 1.29 is 4.74 Å². The molecule has 8 heteroatoms. The van der Waals surface area contributed by atoms with Gasteiger partial charge in [0.1, 0.15) is 23.2 Å². The van der Waals surface area contributed by atoms with Crippen LogP contribution < -0.4 is 10.5 Å². The van der Waals surface area contributed by atoms with Crippen molar-refractivity contribution in [1.29, 1.82) is 0 Å². The van der Waals surface area contributed by atoms with Gasteiger partial charge < -0.3 is 10.5 Å². The smallest absolute Gasteiger partial charge is 0.258 e. The fourth-order valence-corrected chi connectivity index (χ4v) is 4.34. The van der Waals surface area contributed by atoms with Crippen LogP contribution in [0.3, 0.4) is 0 Å². The Morgan fingerprint density at radius 2 is 1.94 bits per heavy atom. The minimum absolute atomic E-state index is 0.114. The molecular formula is C23H23ClN6O. The molecule has 1 aromatic carbocycles. The number of nitrogens with zero attached hydrogens (tertiary/aromatic N) is 5. The summed E-state index contributed by atoms with van der Waals surface area (Å²) >= 11 is 6.55. The third-order valence-corrected chi connectivity index (χ3v) is 5.90. The summed E-state index contributed by atoms with van der Waals surface area (Å²) in [5.74, 6) is 0.632. The molecule has 0 bridgehead atoms. The molecule has 1 aliphatic carbocycles. The number of nitrogens with two attached hydrogens (primary N) is 1. The molecule has 1 fully saturated rings. The fourth-order valence-electron chi connectivity index (χ4n) is 4.07. The van der Waals surface area contributed by atoms with Crippen molar-refractivity contribution in [3.63, 3.8) is 0 Å². The molecule has 1 saturated carbocycles. The minimum atomic E-state index is 0.114. The second kappa shape index (κ2) is 8.15. The van der Waals surface area contributed by atoms with Crippen LogP contribution in [0.15, 0.2) is 42.7 Å². The number of ether oxygens (including phenoxy) is 1. The summed E-state index contributed by atoms with van der Waals surface area (Å²) in [6.45, 7) is 0. The number of anilines is 1. The van der Waals surface area contributed by atoms with E-state index in [4.69, 9.17) is 27.1 Å². The lowest BCUT2D eigenvalue weighted by Crippen LogP contribution is -2.21. The molecule has 0 atom stereocenters. The molecule has 3 heterocycles. The van der Waals surface area contributed by atoms with E-state index in [1.54, 1.807) is 10.9 Å². The van der Waals surface area contributed by atoms with Crippen molar-refractivity contribution in [2.24, 2.45) is 7.05 Å². The largest absolute Gasteiger partial charge is 0.472 e. The second-order valence-electron chi connectivity index (χ2n) is 7.90. The van der Waals surface area contributed by atoms with Crippen LogP contribution in [-0.4, -0.2) is 30.8 Å². The van der Waals surface area contributed by atoms with E-state index in [0.29, 0.717) is 28.0 Å². The number of aromatic nitrogens is 5. The SMILES string of the molecule is Cn1ccc(-c2nc(N)c(OC3CCCCC3)nc2-c2cc(Cl)c3ncccc3c2)n1. The summed E-state index contributed by atoms with van der Waals surface area (Å²) in [6, 6.07) is 9.61. The highest BCUT2D eigenvalue weighted by atomic mass is 35.5. The maximum atomic E-state index is 6.55. The second-order valence-corrected chi connectivity index (χ2v) is 8.30. The number of hydrogen-bond acceptors (Lipinski definition) is 6. The topological polar surface area (TPSA) is 91.7 Å². The number of benzene rings is 1. The fraction of sp³-hybridized carbons (Fsp3) is 0.304. The molecule has 2 N–H and O–H groups in total. The Morgan fingerprint density at radius 1 is 1.10 bits per heavy atom. The molecule has 0 saturated heterocycles. The summed E-state index contributed by atoms with van der Waals surface area (Å²) in [7, 11) is 1.86. The van der Waals surface area contributed by atoms with Gasteiger partial charge in [-0.2, -0.15) is 5.10 Å². The average molecular weight is 435 g/mol. The van der Waals surface area contributed by atoms with Gasteiger partial charge in [-0.15, -0.1) is 0 Å². The van der Waals surface area contributed by atoms with Crippen LogP contribution in [0.25, 0.3) is 33.5 Å². The first-order valence-electron chi connectivity index (χ1n) is 10.5.